The molecule has 0 saturated carbocycles. The quantitative estimate of drug-likeness (QED) is 0.824. The van der Waals surface area contributed by atoms with Crippen LogP contribution >= 0.6 is 0 Å². The fourth-order valence-electron chi connectivity index (χ4n) is 2.56. The molecule has 23 heavy (non-hydrogen) atoms. The van der Waals surface area contributed by atoms with Gasteiger partial charge in [-0.2, -0.15) is 14.5 Å². The molecule has 0 radical (unpaired) electrons. The number of hydrogen-bond donors (Lipinski definition) is 0. The SMILES string of the molecule is CCc1ncnc(OC2CCN(C(=O)Cn3cccn3)C2)c1F. The van der Waals surface area contributed by atoms with Crippen LogP contribution in [0.2, 0.25) is 0 Å². The van der Waals surface area contributed by atoms with Gasteiger partial charge in [0.25, 0.3) is 5.88 Å². The van der Waals surface area contributed by atoms with Crippen LogP contribution in [0.15, 0.2) is 24.8 Å². The number of halogens is 1. The number of carbonyl (C=O) groups is 1. The molecule has 2 aromatic heterocycles. The van der Waals surface area contributed by atoms with Crippen molar-refractivity contribution in [3.8, 4) is 5.88 Å². The Morgan fingerprint density at radius 2 is 2.35 bits per heavy atom. The molecule has 1 fully saturated rings. The summed E-state index contributed by atoms with van der Waals surface area (Å²) >= 11 is 0. The largest absolute Gasteiger partial charge is 0.470 e. The zero-order chi connectivity index (χ0) is 16.2. The highest BCUT2D eigenvalue weighted by atomic mass is 19.1. The molecule has 2 aromatic rings. The van der Waals surface area contributed by atoms with E-state index in [4.69, 9.17) is 4.74 Å². The molecule has 0 N–H and O–H groups in total. The van der Waals surface area contributed by atoms with Crippen molar-refractivity contribution >= 4 is 5.91 Å². The van der Waals surface area contributed by atoms with E-state index in [1.165, 1.54) is 6.33 Å². The first-order valence-electron chi connectivity index (χ1n) is 7.58. The van der Waals surface area contributed by atoms with Crippen molar-refractivity contribution in [2.45, 2.75) is 32.4 Å². The minimum atomic E-state index is -0.517. The van der Waals surface area contributed by atoms with Gasteiger partial charge in [0.05, 0.1) is 12.2 Å². The van der Waals surface area contributed by atoms with Crippen LogP contribution in [0.1, 0.15) is 19.0 Å². The second-order valence-electron chi connectivity index (χ2n) is 5.36. The molecule has 0 bridgehead atoms. The van der Waals surface area contributed by atoms with Crippen LogP contribution in [-0.4, -0.2) is 49.7 Å². The first-order valence-corrected chi connectivity index (χ1v) is 7.58. The minimum absolute atomic E-state index is 0.0304. The first kappa shape index (κ1) is 15.4. The van der Waals surface area contributed by atoms with Crippen LogP contribution in [0, 0.1) is 5.82 Å². The van der Waals surface area contributed by atoms with Crippen molar-refractivity contribution in [1.82, 2.24) is 24.6 Å². The molecule has 1 atom stereocenters. The van der Waals surface area contributed by atoms with Gasteiger partial charge in [0, 0.05) is 25.4 Å². The highest BCUT2D eigenvalue weighted by Gasteiger charge is 2.29. The number of ether oxygens (including phenoxy) is 1. The average Bonchev–Trinajstić information content (AvgIpc) is 3.21. The molecule has 8 heteroatoms. The smallest absolute Gasteiger partial charge is 0.254 e. The van der Waals surface area contributed by atoms with Crippen molar-refractivity contribution < 1.29 is 13.9 Å². The molecule has 1 aliphatic rings. The molecule has 1 unspecified atom stereocenters. The van der Waals surface area contributed by atoms with E-state index in [1.54, 1.807) is 28.0 Å². The van der Waals surface area contributed by atoms with Gasteiger partial charge in [-0.25, -0.2) is 4.98 Å². The first-order chi connectivity index (χ1) is 11.2. The molecule has 0 aliphatic carbocycles. The van der Waals surface area contributed by atoms with Gasteiger partial charge in [0.15, 0.2) is 0 Å². The monoisotopic (exact) mass is 319 g/mol. The van der Waals surface area contributed by atoms with Crippen LogP contribution in [0.4, 0.5) is 4.39 Å². The minimum Gasteiger partial charge on any atom is -0.470 e. The van der Waals surface area contributed by atoms with Gasteiger partial charge >= 0.3 is 0 Å². The maximum Gasteiger partial charge on any atom is 0.254 e. The molecular formula is C15H18FN5O2. The van der Waals surface area contributed by atoms with Gasteiger partial charge < -0.3 is 9.64 Å². The van der Waals surface area contributed by atoms with Gasteiger partial charge in [-0.3, -0.25) is 9.48 Å². The summed E-state index contributed by atoms with van der Waals surface area (Å²) in [6.07, 6.45) is 5.54. The van der Waals surface area contributed by atoms with E-state index in [-0.39, 0.29) is 24.4 Å². The molecule has 3 heterocycles. The third-order valence-electron chi connectivity index (χ3n) is 3.80. The second kappa shape index (κ2) is 6.72. The summed E-state index contributed by atoms with van der Waals surface area (Å²) in [5.74, 6) is -0.586. The molecule has 3 rings (SSSR count). The maximum atomic E-state index is 14.1. The van der Waals surface area contributed by atoms with Crippen molar-refractivity contribution in [3.05, 3.63) is 36.3 Å². The molecule has 0 spiro atoms. The second-order valence-corrected chi connectivity index (χ2v) is 5.36. The zero-order valence-corrected chi connectivity index (χ0v) is 12.9. The Morgan fingerprint density at radius 3 is 3.09 bits per heavy atom. The van der Waals surface area contributed by atoms with E-state index in [9.17, 15) is 9.18 Å². The lowest BCUT2D eigenvalue weighted by molar-refractivity contribution is -0.131. The van der Waals surface area contributed by atoms with E-state index in [0.29, 0.717) is 31.6 Å². The van der Waals surface area contributed by atoms with E-state index < -0.39 is 5.82 Å². The number of nitrogens with zero attached hydrogens (tertiary/aromatic N) is 5. The predicted molar refractivity (Wildman–Crippen MR) is 79.2 cm³/mol. The van der Waals surface area contributed by atoms with Crippen molar-refractivity contribution in [2.75, 3.05) is 13.1 Å². The van der Waals surface area contributed by atoms with Gasteiger partial charge in [-0.05, 0) is 12.5 Å². The number of aryl methyl sites for hydroxylation is 1. The Hall–Kier alpha value is -2.51. The lowest BCUT2D eigenvalue weighted by Gasteiger charge is -2.17. The van der Waals surface area contributed by atoms with Gasteiger partial charge in [0.1, 0.15) is 19.0 Å². The molecule has 0 aromatic carbocycles. The number of rotatable bonds is 5. The highest BCUT2D eigenvalue weighted by molar-refractivity contribution is 5.76. The van der Waals surface area contributed by atoms with Crippen LogP contribution < -0.4 is 4.74 Å². The van der Waals surface area contributed by atoms with Crippen molar-refractivity contribution in [1.29, 1.82) is 0 Å². The third-order valence-corrected chi connectivity index (χ3v) is 3.80. The molecule has 122 valence electrons. The van der Waals surface area contributed by atoms with Crippen LogP contribution in [0.25, 0.3) is 0 Å². The zero-order valence-electron chi connectivity index (χ0n) is 12.9. The number of carbonyl (C=O) groups excluding carboxylic acids is 1. The highest BCUT2D eigenvalue weighted by Crippen LogP contribution is 2.21. The van der Waals surface area contributed by atoms with E-state index in [1.807, 2.05) is 6.92 Å². The number of likely N-dealkylation sites (tertiary alicyclic amines) is 1. The van der Waals surface area contributed by atoms with E-state index >= 15 is 0 Å². The summed E-state index contributed by atoms with van der Waals surface area (Å²) in [4.78, 5) is 21.6. The molecular weight excluding hydrogens is 301 g/mol. The Balaban J connectivity index is 1.59. The number of hydrogen-bond acceptors (Lipinski definition) is 5. The lowest BCUT2D eigenvalue weighted by atomic mass is 10.3. The molecule has 7 nitrogen and oxygen atoms in total. The van der Waals surface area contributed by atoms with Crippen LogP contribution in [0.3, 0.4) is 0 Å². The molecule has 1 amide bonds. The average molecular weight is 319 g/mol. The summed E-state index contributed by atoms with van der Waals surface area (Å²) in [5, 5.41) is 4.02. The lowest BCUT2D eigenvalue weighted by Crippen LogP contribution is -2.33. The van der Waals surface area contributed by atoms with E-state index in [2.05, 4.69) is 15.1 Å². The molecule has 1 aliphatic heterocycles. The Bertz CT molecular complexity index is 677. The summed E-state index contributed by atoms with van der Waals surface area (Å²) in [7, 11) is 0. The van der Waals surface area contributed by atoms with Gasteiger partial charge in [0.2, 0.25) is 11.7 Å². The topological polar surface area (TPSA) is 73.1 Å². The van der Waals surface area contributed by atoms with E-state index in [0.717, 1.165) is 0 Å². The van der Waals surface area contributed by atoms with Crippen molar-refractivity contribution in [2.24, 2.45) is 0 Å². The number of aromatic nitrogens is 4. The van der Waals surface area contributed by atoms with Crippen molar-refractivity contribution in [3.63, 3.8) is 0 Å². The number of amides is 1. The summed E-state index contributed by atoms with van der Waals surface area (Å²) in [6, 6.07) is 1.77. The fraction of sp³-hybridized carbons (Fsp3) is 0.467. The Morgan fingerprint density at radius 1 is 1.48 bits per heavy atom. The Kier molecular flexibility index (Phi) is 4.50. The maximum absolute atomic E-state index is 14.1. The fourth-order valence-corrected chi connectivity index (χ4v) is 2.56. The Labute approximate surface area is 133 Å². The third kappa shape index (κ3) is 3.46. The standard InChI is InChI=1S/C15H18FN5O2/c1-2-12-14(16)15(18-10-17-12)23-11-4-7-20(8-11)13(22)9-21-6-3-5-19-21/h3,5-6,10-11H,2,4,7-9H2,1H3. The molecule has 1 saturated heterocycles. The van der Waals surface area contributed by atoms with Crippen LogP contribution in [-0.2, 0) is 17.8 Å². The summed E-state index contributed by atoms with van der Waals surface area (Å²) < 4.78 is 21.3. The summed E-state index contributed by atoms with van der Waals surface area (Å²) in [6.45, 7) is 3.02. The van der Waals surface area contributed by atoms with Crippen LogP contribution in [0.5, 0.6) is 5.88 Å². The summed E-state index contributed by atoms with van der Waals surface area (Å²) in [5.41, 5.74) is 0.333. The van der Waals surface area contributed by atoms with Gasteiger partial charge in [-0.15, -0.1) is 0 Å². The van der Waals surface area contributed by atoms with Gasteiger partial charge in [-0.1, -0.05) is 6.92 Å². The normalized spacial score (nSPS) is 17.5. The predicted octanol–water partition coefficient (Wildman–Crippen LogP) is 1.05.